The summed E-state index contributed by atoms with van der Waals surface area (Å²) in [5, 5.41) is 0. The molecular formula is C24H30N2O5S. The molecular weight excluding hydrogens is 428 g/mol. The molecule has 0 spiro atoms. The number of hydrogen-bond acceptors (Lipinski definition) is 5. The topological polar surface area (TPSA) is 84.0 Å². The molecule has 172 valence electrons. The summed E-state index contributed by atoms with van der Waals surface area (Å²) in [7, 11) is -3.86. The Morgan fingerprint density at radius 3 is 2.25 bits per heavy atom. The molecule has 0 radical (unpaired) electrons. The van der Waals surface area contributed by atoms with Gasteiger partial charge in [0, 0.05) is 19.6 Å². The fraction of sp³-hybridized carbons (Fsp3) is 0.417. The summed E-state index contributed by atoms with van der Waals surface area (Å²) in [6.45, 7) is 4.73. The maximum atomic E-state index is 13.3. The monoisotopic (exact) mass is 458 g/mol. The number of carbonyl (C=O) groups is 2. The highest BCUT2D eigenvalue weighted by Gasteiger charge is 2.32. The van der Waals surface area contributed by atoms with Gasteiger partial charge in [-0.05, 0) is 44.4 Å². The molecule has 0 saturated carbocycles. The van der Waals surface area contributed by atoms with Crippen LogP contribution in [0.2, 0.25) is 0 Å². The number of nitrogens with zero attached hydrogens (tertiary/aromatic N) is 2. The molecule has 1 aliphatic rings. The van der Waals surface area contributed by atoms with Crippen molar-refractivity contribution in [3.63, 3.8) is 0 Å². The molecule has 1 fully saturated rings. The molecule has 1 heterocycles. The van der Waals surface area contributed by atoms with Gasteiger partial charge in [-0.15, -0.1) is 0 Å². The van der Waals surface area contributed by atoms with Crippen LogP contribution in [-0.2, 0) is 30.9 Å². The fourth-order valence-electron chi connectivity index (χ4n) is 3.74. The molecule has 2 aromatic carbocycles. The van der Waals surface area contributed by atoms with Gasteiger partial charge in [-0.25, -0.2) is 8.42 Å². The van der Waals surface area contributed by atoms with Gasteiger partial charge in [0.2, 0.25) is 15.9 Å². The van der Waals surface area contributed by atoms with Gasteiger partial charge in [-0.3, -0.25) is 9.59 Å². The Morgan fingerprint density at radius 1 is 1.03 bits per heavy atom. The first-order valence-corrected chi connectivity index (χ1v) is 12.3. The van der Waals surface area contributed by atoms with E-state index in [4.69, 9.17) is 4.74 Å². The van der Waals surface area contributed by atoms with Crippen molar-refractivity contribution in [2.45, 2.75) is 38.1 Å². The predicted octanol–water partition coefficient (Wildman–Crippen LogP) is 2.99. The molecule has 1 amide bonds. The third-order valence-electron chi connectivity index (χ3n) is 5.64. The third kappa shape index (κ3) is 5.95. The minimum absolute atomic E-state index is 0.0997. The largest absolute Gasteiger partial charge is 0.466 e. The Bertz CT molecular complexity index is 1010. The first-order chi connectivity index (χ1) is 15.3. The van der Waals surface area contributed by atoms with E-state index in [1.165, 1.54) is 16.4 Å². The number of hydrogen-bond donors (Lipinski definition) is 0. The van der Waals surface area contributed by atoms with Crippen molar-refractivity contribution < 1.29 is 22.7 Å². The average molecular weight is 459 g/mol. The molecule has 8 heteroatoms. The zero-order valence-electron chi connectivity index (χ0n) is 18.6. The van der Waals surface area contributed by atoms with Crippen LogP contribution < -0.4 is 0 Å². The number of piperidine rings is 1. The van der Waals surface area contributed by atoms with Gasteiger partial charge in [0.25, 0.3) is 0 Å². The summed E-state index contributed by atoms with van der Waals surface area (Å²) in [5.41, 5.74) is 1.88. The molecule has 32 heavy (non-hydrogen) atoms. The predicted molar refractivity (Wildman–Crippen MR) is 121 cm³/mol. The van der Waals surface area contributed by atoms with Gasteiger partial charge in [0.15, 0.2) is 0 Å². The summed E-state index contributed by atoms with van der Waals surface area (Å²) in [4.78, 5) is 26.8. The van der Waals surface area contributed by atoms with Crippen LogP contribution in [-0.4, -0.2) is 55.7 Å². The van der Waals surface area contributed by atoms with Gasteiger partial charge in [-0.2, -0.15) is 4.31 Å². The normalized spacial score (nSPS) is 15.0. The van der Waals surface area contributed by atoms with E-state index < -0.39 is 10.0 Å². The molecule has 0 bridgehead atoms. The summed E-state index contributed by atoms with van der Waals surface area (Å²) in [5.74, 6) is -0.707. The molecule has 7 nitrogen and oxygen atoms in total. The second-order valence-electron chi connectivity index (χ2n) is 7.98. The minimum atomic E-state index is -3.86. The number of sulfonamides is 1. The van der Waals surface area contributed by atoms with E-state index in [1.54, 1.807) is 30.0 Å². The number of aryl methyl sites for hydroxylation is 1. The van der Waals surface area contributed by atoms with Crippen molar-refractivity contribution in [1.29, 1.82) is 0 Å². The molecule has 1 saturated heterocycles. The average Bonchev–Trinajstić information content (AvgIpc) is 2.80. The smallest absolute Gasteiger partial charge is 0.309 e. The van der Waals surface area contributed by atoms with Gasteiger partial charge in [0.05, 0.1) is 24.0 Å². The summed E-state index contributed by atoms with van der Waals surface area (Å²) >= 11 is 0. The van der Waals surface area contributed by atoms with Crippen LogP contribution in [0.5, 0.6) is 0 Å². The molecule has 0 aromatic heterocycles. The van der Waals surface area contributed by atoms with Gasteiger partial charge >= 0.3 is 5.97 Å². The Hall–Kier alpha value is -2.71. The number of likely N-dealkylation sites (tertiary alicyclic amines) is 1. The molecule has 0 unspecified atom stereocenters. The summed E-state index contributed by atoms with van der Waals surface area (Å²) < 4.78 is 33.0. The van der Waals surface area contributed by atoms with Crippen LogP contribution >= 0.6 is 0 Å². The Morgan fingerprint density at radius 2 is 1.66 bits per heavy atom. The van der Waals surface area contributed by atoms with E-state index in [0.717, 1.165) is 11.1 Å². The van der Waals surface area contributed by atoms with Gasteiger partial charge in [0.1, 0.15) is 0 Å². The van der Waals surface area contributed by atoms with E-state index >= 15 is 0 Å². The number of esters is 1. The fourth-order valence-corrected chi connectivity index (χ4v) is 5.14. The van der Waals surface area contributed by atoms with Crippen molar-refractivity contribution in [2.24, 2.45) is 5.92 Å². The number of carbonyl (C=O) groups excluding carboxylic acids is 2. The van der Waals surface area contributed by atoms with Crippen LogP contribution in [0.25, 0.3) is 0 Å². The van der Waals surface area contributed by atoms with E-state index in [1.807, 2.05) is 31.2 Å². The van der Waals surface area contributed by atoms with Crippen LogP contribution in [0.4, 0.5) is 0 Å². The van der Waals surface area contributed by atoms with Crippen LogP contribution in [0.15, 0.2) is 59.5 Å². The standard InChI is InChI=1S/C24H30N2O5S/c1-3-31-24(28)21-13-15-25(16-14-21)23(27)18-26(17-20-11-9-19(2)10-12-20)32(29,30)22-7-5-4-6-8-22/h4-12,21H,3,13-18H2,1-2H3. The lowest BCUT2D eigenvalue weighted by molar-refractivity contribution is -0.151. The molecule has 0 aliphatic carbocycles. The molecule has 2 aromatic rings. The molecule has 0 N–H and O–H groups in total. The highest BCUT2D eigenvalue weighted by Crippen LogP contribution is 2.22. The zero-order valence-corrected chi connectivity index (χ0v) is 19.4. The SMILES string of the molecule is CCOC(=O)C1CCN(C(=O)CN(Cc2ccc(C)cc2)S(=O)(=O)c2ccccc2)CC1. The zero-order chi connectivity index (χ0) is 23.1. The van der Waals surface area contributed by atoms with Crippen LogP contribution in [0.1, 0.15) is 30.9 Å². The van der Waals surface area contributed by atoms with Gasteiger partial charge < -0.3 is 9.64 Å². The quantitative estimate of drug-likeness (QED) is 0.568. The third-order valence-corrected chi connectivity index (χ3v) is 7.45. The highest BCUT2D eigenvalue weighted by atomic mass is 32.2. The Kier molecular flexibility index (Phi) is 8.04. The van der Waals surface area contributed by atoms with Crippen molar-refractivity contribution >= 4 is 21.9 Å². The number of benzene rings is 2. The number of ether oxygens (including phenoxy) is 1. The molecule has 3 rings (SSSR count). The maximum Gasteiger partial charge on any atom is 0.309 e. The Labute approximate surface area is 190 Å². The van der Waals surface area contributed by atoms with Crippen molar-refractivity contribution in [1.82, 2.24) is 9.21 Å². The van der Waals surface area contributed by atoms with Gasteiger partial charge in [-0.1, -0.05) is 48.0 Å². The molecule has 1 aliphatic heterocycles. The summed E-state index contributed by atoms with van der Waals surface area (Å²) in [6, 6.07) is 15.7. The van der Waals surface area contributed by atoms with E-state index in [2.05, 4.69) is 0 Å². The second kappa shape index (κ2) is 10.7. The van der Waals surface area contributed by atoms with Crippen molar-refractivity contribution in [3.05, 3.63) is 65.7 Å². The maximum absolute atomic E-state index is 13.3. The van der Waals surface area contributed by atoms with Crippen LogP contribution in [0.3, 0.4) is 0 Å². The van der Waals surface area contributed by atoms with Crippen molar-refractivity contribution in [2.75, 3.05) is 26.2 Å². The highest BCUT2D eigenvalue weighted by molar-refractivity contribution is 7.89. The number of amides is 1. The number of rotatable bonds is 8. The Balaban J connectivity index is 1.74. The van der Waals surface area contributed by atoms with E-state index in [-0.39, 0.29) is 35.8 Å². The first-order valence-electron chi connectivity index (χ1n) is 10.9. The molecule has 0 atom stereocenters. The lowest BCUT2D eigenvalue weighted by atomic mass is 9.97. The van der Waals surface area contributed by atoms with Crippen molar-refractivity contribution in [3.8, 4) is 0 Å². The lowest BCUT2D eigenvalue weighted by Gasteiger charge is -2.32. The van der Waals surface area contributed by atoms with E-state index in [0.29, 0.717) is 32.5 Å². The lowest BCUT2D eigenvalue weighted by Crippen LogP contribution is -2.46. The van der Waals surface area contributed by atoms with Crippen LogP contribution in [0, 0.1) is 12.8 Å². The van der Waals surface area contributed by atoms with E-state index in [9.17, 15) is 18.0 Å². The first kappa shape index (κ1) is 23.9. The minimum Gasteiger partial charge on any atom is -0.466 e. The second-order valence-corrected chi connectivity index (χ2v) is 9.92. The summed E-state index contributed by atoms with van der Waals surface area (Å²) in [6.07, 6.45) is 1.04.